The molecule has 0 aliphatic heterocycles. The van der Waals surface area contributed by atoms with E-state index in [2.05, 4.69) is 38.8 Å². The summed E-state index contributed by atoms with van der Waals surface area (Å²) in [5.74, 6) is 1.44. The first kappa shape index (κ1) is 17.8. The molecule has 0 atom stereocenters. The number of ether oxygens (including phenoxy) is 2. The van der Waals surface area contributed by atoms with E-state index in [0.29, 0.717) is 18.8 Å². The molecule has 2 rings (SSSR count). The molecule has 1 N–H and O–H groups in total. The van der Waals surface area contributed by atoms with Gasteiger partial charge < -0.3 is 14.8 Å². The number of methoxy groups -OCH3 is 1. The van der Waals surface area contributed by atoms with Crippen molar-refractivity contribution in [3.05, 3.63) is 44.6 Å². The first-order valence-corrected chi connectivity index (χ1v) is 9.00. The summed E-state index contributed by atoms with van der Waals surface area (Å²) in [5.41, 5.74) is 1.14. The minimum atomic E-state index is 0.500. The first-order valence-electron chi connectivity index (χ1n) is 7.33. The number of thiophene rings is 1. The number of hydrogen-bond donors (Lipinski definition) is 1. The average molecular weight is 395 g/mol. The average Bonchev–Trinajstić information content (AvgIpc) is 2.97. The van der Waals surface area contributed by atoms with Crippen LogP contribution in [0.3, 0.4) is 0 Å². The lowest BCUT2D eigenvalue weighted by molar-refractivity contribution is 0.290. The molecule has 4 nitrogen and oxygen atoms in total. The third kappa shape index (κ3) is 5.87. The van der Waals surface area contributed by atoms with Gasteiger partial charge in [-0.25, -0.2) is 0 Å². The summed E-state index contributed by atoms with van der Waals surface area (Å²) < 4.78 is 12.2. The Hall–Kier alpha value is -1.55. The van der Waals surface area contributed by atoms with Crippen molar-refractivity contribution in [2.75, 3.05) is 13.7 Å². The third-order valence-electron chi connectivity index (χ3n) is 3.17. The first-order chi connectivity index (χ1) is 11.2. The van der Waals surface area contributed by atoms with Crippen LogP contribution in [0, 0.1) is 11.3 Å². The molecule has 122 valence electrons. The van der Waals surface area contributed by atoms with E-state index >= 15 is 0 Å². The molecule has 0 aliphatic carbocycles. The summed E-state index contributed by atoms with van der Waals surface area (Å²) in [7, 11) is 1.63. The second-order valence-corrected chi connectivity index (χ2v) is 6.84. The molecule has 1 aromatic heterocycles. The molecule has 0 unspecified atom stereocenters. The highest BCUT2D eigenvalue weighted by molar-refractivity contribution is 9.10. The summed E-state index contributed by atoms with van der Waals surface area (Å²) >= 11 is 5.19. The molecule has 0 amide bonds. The number of rotatable bonds is 9. The fourth-order valence-electron chi connectivity index (χ4n) is 2.05. The highest BCUT2D eigenvalue weighted by Crippen LogP contribution is 2.28. The Balaban J connectivity index is 1.89. The Bertz CT molecular complexity index is 667. The molecular formula is C17H19BrN2O2S. The second-order valence-electron chi connectivity index (χ2n) is 4.93. The Morgan fingerprint density at radius 1 is 1.26 bits per heavy atom. The van der Waals surface area contributed by atoms with Gasteiger partial charge in [0.25, 0.3) is 0 Å². The lowest BCUT2D eigenvalue weighted by Gasteiger charge is -2.12. The topological polar surface area (TPSA) is 54.3 Å². The highest BCUT2D eigenvalue weighted by atomic mass is 79.9. The smallest absolute Gasteiger partial charge is 0.161 e. The summed E-state index contributed by atoms with van der Waals surface area (Å²) in [6, 6.07) is 10.2. The number of nitrogens with one attached hydrogen (secondary N) is 1. The molecule has 1 heterocycles. The normalized spacial score (nSPS) is 10.3. The predicted molar refractivity (Wildman–Crippen MR) is 95.9 cm³/mol. The van der Waals surface area contributed by atoms with Gasteiger partial charge in [0, 0.05) is 34.2 Å². The van der Waals surface area contributed by atoms with Crippen LogP contribution in [0.15, 0.2) is 34.1 Å². The molecule has 2 aromatic rings. The third-order valence-corrected chi connectivity index (χ3v) is 4.87. The van der Waals surface area contributed by atoms with Gasteiger partial charge in [-0.1, -0.05) is 6.07 Å². The van der Waals surface area contributed by atoms with Gasteiger partial charge in [-0.3, -0.25) is 0 Å². The number of halogens is 1. The zero-order chi connectivity index (χ0) is 16.5. The lowest BCUT2D eigenvalue weighted by Crippen LogP contribution is -2.12. The molecule has 0 spiro atoms. The number of unbranched alkanes of at least 4 members (excludes halogenated alkanes) is 1. The van der Waals surface area contributed by atoms with E-state index in [0.717, 1.165) is 35.3 Å². The molecule has 0 fully saturated rings. The molecule has 0 aliphatic rings. The number of nitrogens with zero attached hydrogens (tertiary/aromatic N) is 1. The van der Waals surface area contributed by atoms with Crippen molar-refractivity contribution in [1.29, 1.82) is 5.26 Å². The number of hydrogen-bond acceptors (Lipinski definition) is 5. The van der Waals surface area contributed by atoms with Crippen LogP contribution in [0.2, 0.25) is 0 Å². The van der Waals surface area contributed by atoms with Crippen LogP contribution in [0.5, 0.6) is 11.5 Å². The number of benzene rings is 1. The van der Waals surface area contributed by atoms with Crippen LogP contribution >= 0.6 is 27.3 Å². The maximum atomic E-state index is 8.56. The monoisotopic (exact) mass is 394 g/mol. The molecule has 1 aromatic carbocycles. The van der Waals surface area contributed by atoms with E-state index < -0.39 is 0 Å². The van der Waals surface area contributed by atoms with E-state index in [-0.39, 0.29) is 0 Å². The van der Waals surface area contributed by atoms with Crippen molar-refractivity contribution in [2.24, 2.45) is 0 Å². The summed E-state index contributed by atoms with van der Waals surface area (Å²) in [4.78, 5) is 1.29. The molecule has 0 bridgehead atoms. The largest absolute Gasteiger partial charge is 0.493 e. The van der Waals surface area contributed by atoms with Crippen molar-refractivity contribution in [3.63, 3.8) is 0 Å². The lowest BCUT2D eigenvalue weighted by atomic mass is 10.2. The molecule has 23 heavy (non-hydrogen) atoms. The second kappa shape index (κ2) is 9.56. The van der Waals surface area contributed by atoms with Crippen molar-refractivity contribution in [1.82, 2.24) is 5.32 Å². The van der Waals surface area contributed by atoms with Crippen molar-refractivity contribution in [2.45, 2.75) is 25.9 Å². The van der Waals surface area contributed by atoms with Crippen LogP contribution in [-0.4, -0.2) is 13.7 Å². The fraction of sp³-hybridized carbons (Fsp3) is 0.353. The standard InChI is InChI=1S/C17H19BrN2O2S/c1-21-16-5-4-13(8-17(16)22-7-3-2-6-19)10-20-11-15-9-14(18)12-23-15/h4-5,8-9,12,20H,2-3,7,10-11H2,1H3. The summed E-state index contributed by atoms with van der Waals surface area (Å²) in [6.45, 7) is 2.11. The zero-order valence-electron chi connectivity index (χ0n) is 13.0. The Labute approximate surface area is 149 Å². The van der Waals surface area contributed by atoms with E-state index in [1.165, 1.54) is 4.88 Å². The van der Waals surface area contributed by atoms with E-state index in [1.54, 1.807) is 18.4 Å². The molecule has 6 heteroatoms. The minimum absolute atomic E-state index is 0.500. The Morgan fingerprint density at radius 3 is 2.83 bits per heavy atom. The summed E-state index contributed by atoms with van der Waals surface area (Å²) in [6.07, 6.45) is 1.22. The van der Waals surface area contributed by atoms with Gasteiger partial charge >= 0.3 is 0 Å². The van der Waals surface area contributed by atoms with E-state index in [9.17, 15) is 0 Å². The van der Waals surface area contributed by atoms with Gasteiger partial charge in [0.05, 0.1) is 19.8 Å². The SMILES string of the molecule is COc1ccc(CNCc2cc(Br)cs2)cc1OCCCC#N. The van der Waals surface area contributed by atoms with Crippen LogP contribution in [0.25, 0.3) is 0 Å². The highest BCUT2D eigenvalue weighted by Gasteiger charge is 2.06. The quantitative estimate of drug-likeness (QED) is 0.636. The molecular weight excluding hydrogens is 376 g/mol. The Kier molecular flexibility index (Phi) is 7.40. The molecule has 0 saturated heterocycles. The molecule has 0 saturated carbocycles. The maximum absolute atomic E-state index is 8.56. The maximum Gasteiger partial charge on any atom is 0.161 e. The van der Waals surface area contributed by atoms with Gasteiger partial charge in [0.15, 0.2) is 11.5 Å². The van der Waals surface area contributed by atoms with Crippen molar-refractivity contribution < 1.29 is 9.47 Å². The van der Waals surface area contributed by atoms with Gasteiger partial charge in [0.2, 0.25) is 0 Å². The van der Waals surface area contributed by atoms with Gasteiger partial charge in [-0.05, 0) is 46.1 Å². The van der Waals surface area contributed by atoms with Crippen LogP contribution in [0.1, 0.15) is 23.3 Å². The molecule has 0 radical (unpaired) electrons. The van der Waals surface area contributed by atoms with Crippen LogP contribution in [-0.2, 0) is 13.1 Å². The zero-order valence-corrected chi connectivity index (χ0v) is 15.4. The van der Waals surface area contributed by atoms with Crippen LogP contribution < -0.4 is 14.8 Å². The fourth-order valence-corrected chi connectivity index (χ4v) is 3.47. The predicted octanol–water partition coefficient (Wildman–Crippen LogP) is 4.49. The number of nitriles is 1. The van der Waals surface area contributed by atoms with Crippen LogP contribution in [0.4, 0.5) is 0 Å². The van der Waals surface area contributed by atoms with Gasteiger partial charge in [-0.2, -0.15) is 5.26 Å². The van der Waals surface area contributed by atoms with Gasteiger partial charge in [0.1, 0.15) is 0 Å². The van der Waals surface area contributed by atoms with Crippen molar-refractivity contribution >= 4 is 27.3 Å². The van der Waals surface area contributed by atoms with E-state index in [4.69, 9.17) is 14.7 Å². The van der Waals surface area contributed by atoms with Crippen molar-refractivity contribution in [3.8, 4) is 17.6 Å². The Morgan fingerprint density at radius 2 is 2.13 bits per heavy atom. The van der Waals surface area contributed by atoms with E-state index in [1.807, 2.05) is 18.2 Å². The minimum Gasteiger partial charge on any atom is -0.493 e. The summed E-state index contributed by atoms with van der Waals surface area (Å²) in [5, 5.41) is 14.1. The van der Waals surface area contributed by atoms with Gasteiger partial charge in [-0.15, -0.1) is 11.3 Å².